The summed E-state index contributed by atoms with van der Waals surface area (Å²) < 4.78 is 22.7. The van der Waals surface area contributed by atoms with Gasteiger partial charge >= 0.3 is 0 Å². The van der Waals surface area contributed by atoms with Crippen molar-refractivity contribution in [2.75, 3.05) is 25.9 Å². The molecule has 4 nitrogen and oxygen atoms in total. The molecule has 1 aliphatic rings. The number of nitrogens with zero attached hydrogens (tertiary/aromatic N) is 1. The molecule has 1 atom stereocenters. The predicted octanol–water partition coefficient (Wildman–Crippen LogP) is 1.31. The van der Waals surface area contributed by atoms with Gasteiger partial charge in [0.2, 0.25) is 0 Å². The maximum absolute atomic E-state index is 11.4. The number of rotatable bonds is 3. The monoisotopic (exact) mass is 304 g/mol. The van der Waals surface area contributed by atoms with E-state index in [9.17, 15) is 8.42 Å². The number of nitrogens with one attached hydrogen (secondary N) is 1. The van der Waals surface area contributed by atoms with Crippen LogP contribution in [0.4, 0.5) is 0 Å². The Morgan fingerprint density at radius 3 is 2.47 bits per heavy atom. The highest BCUT2D eigenvalue weighted by molar-refractivity contribution is 7.90. The number of hydrogen-bond donors (Lipinski definition) is 1. The van der Waals surface area contributed by atoms with Crippen LogP contribution in [0.2, 0.25) is 0 Å². The quantitative estimate of drug-likeness (QED) is 0.915. The summed E-state index contributed by atoms with van der Waals surface area (Å²) in [7, 11) is -3.09. The average Bonchev–Trinajstić information content (AvgIpc) is 2.32. The zero-order chi connectivity index (χ0) is 13.2. The van der Waals surface area contributed by atoms with E-state index in [0.717, 1.165) is 31.7 Å². The SMILES string of the molecule is C[C@@H]1CNCCN1Cc1ccc(S(C)(=O)=O)cc1.Cl. The molecule has 0 saturated carbocycles. The Labute approximate surface area is 121 Å². The Morgan fingerprint density at radius 2 is 1.95 bits per heavy atom. The van der Waals surface area contributed by atoms with Crippen molar-refractivity contribution in [3.05, 3.63) is 29.8 Å². The number of sulfone groups is 1. The van der Waals surface area contributed by atoms with Gasteiger partial charge in [0.15, 0.2) is 9.84 Å². The molecule has 0 amide bonds. The summed E-state index contributed by atoms with van der Waals surface area (Å²) in [5, 5.41) is 3.36. The van der Waals surface area contributed by atoms with Crippen LogP contribution in [-0.2, 0) is 16.4 Å². The van der Waals surface area contributed by atoms with Crippen LogP contribution >= 0.6 is 12.4 Å². The summed E-state index contributed by atoms with van der Waals surface area (Å²) in [4.78, 5) is 2.80. The molecule has 1 aromatic carbocycles. The van der Waals surface area contributed by atoms with Crippen molar-refractivity contribution in [1.82, 2.24) is 10.2 Å². The van der Waals surface area contributed by atoms with E-state index in [1.807, 2.05) is 12.1 Å². The van der Waals surface area contributed by atoms with Crippen LogP contribution in [0.1, 0.15) is 12.5 Å². The van der Waals surface area contributed by atoms with Gasteiger partial charge in [-0.05, 0) is 24.6 Å². The first-order valence-corrected chi connectivity index (χ1v) is 8.10. The number of piperazine rings is 1. The second-order valence-electron chi connectivity index (χ2n) is 4.94. The van der Waals surface area contributed by atoms with Crippen LogP contribution in [0.5, 0.6) is 0 Å². The highest BCUT2D eigenvalue weighted by Gasteiger charge is 2.17. The summed E-state index contributed by atoms with van der Waals surface area (Å²) in [6.07, 6.45) is 1.24. The molecule has 0 spiro atoms. The van der Waals surface area contributed by atoms with Crippen molar-refractivity contribution in [3.63, 3.8) is 0 Å². The molecule has 0 radical (unpaired) electrons. The number of hydrogen-bond acceptors (Lipinski definition) is 4. The van der Waals surface area contributed by atoms with Gasteiger partial charge in [0.05, 0.1) is 4.90 Å². The second kappa shape index (κ2) is 6.70. The van der Waals surface area contributed by atoms with E-state index in [1.165, 1.54) is 6.26 Å². The van der Waals surface area contributed by atoms with Crippen molar-refractivity contribution in [2.45, 2.75) is 24.4 Å². The summed E-state index contributed by atoms with van der Waals surface area (Å²) in [6, 6.07) is 7.72. The van der Waals surface area contributed by atoms with Crippen LogP contribution in [0.3, 0.4) is 0 Å². The van der Waals surface area contributed by atoms with Crippen LogP contribution in [0.25, 0.3) is 0 Å². The zero-order valence-electron chi connectivity index (χ0n) is 11.3. The summed E-state index contributed by atoms with van der Waals surface area (Å²) >= 11 is 0. The molecule has 19 heavy (non-hydrogen) atoms. The lowest BCUT2D eigenvalue weighted by atomic mass is 10.1. The summed E-state index contributed by atoms with van der Waals surface area (Å²) in [6.45, 7) is 6.16. The summed E-state index contributed by atoms with van der Waals surface area (Å²) in [5.41, 5.74) is 1.16. The molecule has 6 heteroatoms. The van der Waals surface area contributed by atoms with Crippen molar-refractivity contribution >= 4 is 22.2 Å². The molecular weight excluding hydrogens is 284 g/mol. The van der Waals surface area contributed by atoms with Gasteiger partial charge in [-0.1, -0.05) is 12.1 Å². The molecule has 1 aromatic rings. The van der Waals surface area contributed by atoms with Crippen LogP contribution in [-0.4, -0.2) is 45.2 Å². The van der Waals surface area contributed by atoms with Crippen molar-refractivity contribution < 1.29 is 8.42 Å². The summed E-state index contributed by atoms with van der Waals surface area (Å²) in [5.74, 6) is 0. The van der Waals surface area contributed by atoms with Crippen LogP contribution in [0.15, 0.2) is 29.2 Å². The number of halogens is 1. The second-order valence-corrected chi connectivity index (χ2v) is 6.96. The Morgan fingerprint density at radius 1 is 1.32 bits per heavy atom. The van der Waals surface area contributed by atoms with Gasteiger partial charge < -0.3 is 5.32 Å². The van der Waals surface area contributed by atoms with Gasteiger partial charge in [-0.25, -0.2) is 8.42 Å². The van der Waals surface area contributed by atoms with E-state index in [-0.39, 0.29) is 12.4 Å². The molecule has 2 rings (SSSR count). The maximum Gasteiger partial charge on any atom is 0.175 e. The van der Waals surface area contributed by atoms with E-state index < -0.39 is 9.84 Å². The molecule has 1 fully saturated rings. The predicted molar refractivity (Wildman–Crippen MR) is 79.5 cm³/mol. The third kappa shape index (κ3) is 4.45. The lowest BCUT2D eigenvalue weighted by Gasteiger charge is -2.33. The van der Waals surface area contributed by atoms with Gasteiger partial charge in [0.1, 0.15) is 0 Å². The average molecular weight is 305 g/mol. The van der Waals surface area contributed by atoms with Crippen LogP contribution < -0.4 is 5.32 Å². The molecule has 1 saturated heterocycles. The lowest BCUT2D eigenvalue weighted by molar-refractivity contribution is 0.165. The number of benzene rings is 1. The Bertz CT molecular complexity index is 502. The topological polar surface area (TPSA) is 49.4 Å². The van der Waals surface area contributed by atoms with Gasteiger partial charge in [-0.3, -0.25) is 4.90 Å². The van der Waals surface area contributed by atoms with E-state index in [4.69, 9.17) is 0 Å². The Kier molecular flexibility index (Phi) is 5.80. The van der Waals surface area contributed by atoms with Gasteiger partial charge in [0, 0.05) is 38.5 Å². The highest BCUT2D eigenvalue weighted by Crippen LogP contribution is 2.14. The van der Waals surface area contributed by atoms with Crippen LogP contribution in [0, 0.1) is 0 Å². The molecule has 1 N–H and O–H groups in total. The fraction of sp³-hybridized carbons (Fsp3) is 0.538. The first-order valence-electron chi connectivity index (χ1n) is 6.20. The van der Waals surface area contributed by atoms with Crippen molar-refractivity contribution in [2.24, 2.45) is 0 Å². The molecule has 0 aliphatic carbocycles. The smallest absolute Gasteiger partial charge is 0.175 e. The molecule has 0 unspecified atom stereocenters. The lowest BCUT2D eigenvalue weighted by Crippen LogP contribution is -2.49. The molecule has 1 heterocycles. The van der Waals surface area contributed by atoms with E-state index in [1.54, 1.807) is 12.1 Å². The minimum absolute atomic E-state index is 0. The molecular formula is C13H21ClN2O2S. The first-order chi connectivity index (χ1) is 8.47. The molecule has 0 aromatic heterocycles. The third-order valence-corrected chi connectivity index (χ3v) is 4.50. The minimum Gasteiger partial charge on any atom is -0.314 e. The Hall–Kier alpha value is -0.620. The molecule has 1 aliphatic heterocycles. The normalized spacial score (nSPS) is 20.8. The van der Waals surface area contributed by atoms with E-state index >= 15 is 0 Å². The standard InChI is InChI=1S/C13H20N2O2S.ClH/c1-11-9-14-7-8-15(11)10-12-3-5-13(6-4-12)18(2,16)17;/h3-6,11,14H,7-10H2,1-2H3;1H/t11-;/m1./s1. The highest BCUT2D eigenvalue weighted by atomic mass is 35.5. The van der Waals surface area contributed by atoms with E-state index in [2.05, 4.69) is 17.1 Å². The minimum atomic E-state index is -3.09. The fourth-order valence-electron chi connectivity index (χ4n) is 2.19. The van der Waals surface area contributed by atoms with Gasteiger partial charge in [0.25, 0.3) is 0 Å². The fourth-order valence-corrected chi connectivity index (χ4v) is 2.83. The zero-order valence-corrected chi connectivity index (χ0v) is 12.9. The first kappa shape index (κ1) is 16.4. The molecule has 0 bridgehead atoms. The third-order valence-electron chi connectivity index (χ3n) is 3.38. The maximum atomic E-state index is 11.4. The van der Waals surface area contributed by atoms with Crippen molar-refractivity contribution in [1.29, 1.82) is 0 Å². The molecule has 108 valence electrons. The van der Waals surface area contributed by atoms with Gasteiger partial charge in [-0.15, -0.1) is 12.4 Å². The largest absolute Gasteiger partial charge is 0.314 e. The van der Waals surface area contributed by atoms with E-state index in [0.29, 0.717) is 10.9 Å². The van der Waals surface area contributed by atoms with Gasteiger partial charge in [-0.2, -0.15) is 0 Å². The Balaban J connectivity index is 0.00000180. The van der Waals surface area contributed by atoms with Crippen molar-refractivity contribution in [3.8, 4) is 0 Å².